The van der Waals surface area contributed by atoms with E-state index in [1.807, 2.05) is 6.92 Å². The number of hydrogen-bond acceptors (Lipinski definition) is 4. The van der Waals surface area contributed by atoms with Crippen molar-refractivity contribution in [2.45, 2.75) is 56.6 Å². The fourth-order valence-electron chi connectivity index (χ4n) is 2.31. The minimum Gasteiger partial charge on any atom is -0.378 e. The van der Waals surface area contributed by atoms with Crippen molar-refractivity contribution in [1.82, 2.24) is 10.0 Å². The van der Waals surface area contributed by atoms with Crippen molar-refractivity contribution in [3.05, 3.63) is 0 Å². The summed E-state index contributed by atoms with van der Waals surface area (Å²) in [6.07, 6.45) is 5.96. The summed E-state index contributed by atoms with van der Waals surface area (Å²) in [5, 5.41) is 3.41. The zero-order valence-electron chi connectivity index (χ0n) is 12.1. The summed E-state index contributed by atoms with van der Waals surface area (Å²) in [5.74, 6) is 0. The molecule has 21 heavy (non-hydrogen) atoms. The van der Waals surface area contributed by atoms with Gasteiger partial charge in [-0.05, 0) is 19.8 Å². The molecule has 1 aliphatic carbocycles. The molecule has 1 aliphatic rings. The van der Waals surface area contributed by atoms with Crippen LogP contribution in [0, 0.1) is 0 Å². The van der Waals surface area contributed by atoms with Crippen LogP contribution in [0.5, 0.6) is 0 Å². The Hall–Kier alpha value is -0.380. The van der Waals surface area contributed by atoms with Crippen LogP contribution >= 0.6 is 0 Å². The molecule has 1 rings (SSSR count). The van der Waals surface area contributed by atoms with Crippen molar-refractivity contribution >= 4 is 10.0 Å². The first-order valence-electron chi connectivity index (χ1n) is 7.12. The highest BCUT2D eigenvalue weighted by Gasteiger charge is 2.45. The van der Waals surface area contributed by atoms with Gasteiger partial charge in [0.05, 0.1) is 13.2 Å². The molecule has 0 spiro atoms. The standard InChI is InChI=1S/C12H23F3N2O3S/c1-10(17-11-5-3-2-4-6-11)9-20-8-7-16-21(18,19)12(13,14)15/h10-11,16-17H,2-9H2,1H3. The van der Waals surface area contributed by atoms with Gasteiger partial charge in [0.1, 0.15) is 0 Å². The minimum atomic E-state index is -5.27. The van der Waals surface area contributed by atoms with E-state index in [1.54, 1.807) is 0 Å². The summed E-state index contributed by atoms with van der Waals surface area (Å²) in [5.41, 5.74) is -5.27. The molecule has 0 aromatic rings. The van der Waals surface area contributed by atoms with Crippen LogP contribution in [0.3, 0.4) is 0 Å². The van der Waals surface area contributed by atoms with Gasteiger partial charge in [-0.2, -0.15) is 13.2 Å². The SMILES string of the molecule is CC(COCCNS(=O)(=O)C(F)(F)F)NC1CCCCC1. The fourth-order valence-corrected chi connectivity index (χ4v) is 2.83. The van der Waals surface area contributed by atoms with Gasteiger partial charge >= 0.3 is 15.5 Å². The lowest BCUT2D eigenvalue weighted by Gasteiger charge is -2.26. The molecule has 0 heterocycles. The highest BCUT2D eigenvalue weighted by molar-refractivity contribution is 7.90. The lowest BCUT2D eigenvalue weighted by molar-refractivity contribution is -0.0449. The average Bonchev–Trinajstić information content (AvgIpc) is 2.38. The topological polar surface area (TPSA) is 67.4 Å². The molecular weight excluding hydrogens is 309 g/mol. The zero-order valence-corrected chi connectivity index (χ0v) is 12.9. The maximum atomic E-state index is 12.0. The third-order valence-corrected chi connectivity index (χ3v) is 4.53. The zero-order chi connectivity index (χ0) is 15.9. The largest absolute Gasteiger partial charge is 0.511 e. The molecule has 0 radical (unpaired) electrons. The van der Waals surface area contributed by atoms with E-state index in [-0.39, 0.29) is 12.6 Å². The van der Waals surface area contributed by atoms with Crippen molar-refractivity contribution in [3.8, 4) is 0 Å². The molecule has 1 unspecified atom stereocenters. The summed E-state index contributed by atoms with van der Waals surface area (Å²) in [6.45, 7) is 1.79. The Labute approximate surface area is 123 Å². The van der Waals surface area contributed by atoms with Crippen LogP contribution in [0.1, 0.15) is 39.0 Å². The summed E-state index contributed by atoms with van der Waals surface area (Å²) in [6, 6.07) is 0.563. The van der Waals surface area contributed by atoms with Gasteiger partial charge in [0.2, 0.25) is 0 Å². The maximum Gasteiger partial charge on any atom is 0.511 e. The third kappa shape index (κ3) is 6.94. The number of halogens is 3. The quantitative estimate of drug-likeness (QED) is 0.665. The second-order valence-electron chi connectivity index (χ2n) is 5.32. The molecule has 2 N–H and O–H groups in total. The van der Waals surface area contributed by atoms with Crippen LogP contribution in [0.25, 0.3) is 0 Å². The summed E-state index contributed by atoms with van der Waals surface area (Å²) >= 11 is 0. The molecule has 0 bridgehead atoms. The first kappa shape index (κ1) is 18.7. The molecule has 1 fully saturated rings. The van der Waals surface area contributed by atoms with Gasteiger partial charge in [0.25, 0.3) is 0 Å². The van der Waals surface area contributed by atoms with Gasteiger partial charge in [-0.3, -0.25) is 0 Å². The number of ether oxygens (including phenoxy) is 1. The Morgan fingerprint density at radius 3 is 2.43 bits per heavy atom. The van der Waals surface area contributed by atoms with Crippen LogP contribution in [-0.4, -0.2) is 45.8 Å². The second-order valence-corrected chi connectivity index (χ2v) is 7.08. The van der Waals surface area contributed by atoms with E-state index >= 15 is 0 Å². The van der Waals surface area contributed by atoms with Crippen molar-refractivity contribution in [2.24, 2.45) is 0 Å². The van der Waals surface area contributed by atoms with Crippen LogP contribution in [0.15, 0.2) is 0 Å². The number of hydrogen-bond donors (Lipinski definition) is 2. The highest BCUT2D eigenvalue weighted by Crippen LogP contribution is 2.21. The van der Waals surface area contributed by atoms with Crippen LogP contribution in [0.2, 0.25) is 0 Å². The number of sulfonamides is 1. The molecular formula is C12H23F3N2O3S. The van der Waals surface area contributed by atoms with Crippen molar-refractivity contribution in [1.29, 1.82) is 0 Å². The lowest BCUT2D eigenvalue weighted by Crippen LogP contribution is -2.41. The molecule has 5 nitrogen and oxygen atoms in total. The van der Waals surface area contributed by atoms with Gasteiger partial charge in [0.15, 0.2) is 0 Å². The summed E-state index contributed by atoms with van der Waals surface area (Å²) in [7, 11) is -5.27. The lowest BCUT2D eigenvalue weighted by atomic mass is 9.95. The fraction of sp³-hybridized carbons (Fsp3) is 1.00. The Morgan fingerprint density at radius 1 is 1.24 bits per heavy atom. The van der Waals surface area contributed by atoms with E-state index in [4.69, 9.17) is 4.74 Å². The van der Waals surface area contributed by atoms with Crippen LogP contribution in [-0.2, 0) is 14.8 Å². The predicted octanol–water partition coefficient (Wildman–Crippen LogP) is 1.75. The highest BCUT2D eigenvalue weighted by atomic mass is 32.2. The molecule has 1 atom stereocenters. The van der Waals surface area contributed by atoms with E-state index in [2.05, 4.69) is 5.32 Å². The Morgan fingerprint density at radius 2 is 1.86 bits per heavy atom. The van der Waals surface area contributed by atoms with Crippen molar-refractivity contribution < 1.29 is 26.3 Å². The molecule has 0 aliphatic heterocycles. The smallest absolute Gasteiger partial charge is 0.378 e. The van der Waals surface area contributed by atoms with Gasteiger partial charge in [-0.1, -0.05) is 19.3 Å². The van der Waals surface area contributed by atoms with Crippen LogP contribution in [0.4, 0.5) is 13.2 Å². The second kappa shape index (κ2) is 8.30. The van der Waals surface area contributed by atoms with Gasteiger partial charge in [0, 0.05) is 18.6 Å². The molecule has 126 valence electrons. The molecule has 0 saturated heterocycles. The van der Waals surface area contributed by atoms with Gasteiger partial charge in [-0.25, -0.2) is 13.1 Å². The van der Waals surface area contributed by atoms with E-state index in [9.17, 15) is 21.6 Å². The molecule has 9 heteroatoms. The maximum absolute atomic E-state index is 12.0. The Bertz CT molecular complexity index is 395. The average molecular weight is 332 g/mol. The van der Waals surface area contributed by atoms with E-state index < -0.39 is 22.1 Å². The summed E-state index contributed by atoms with van der Waals surface area (Å²) in [4.78, 5) is 0. The van der Waals surface area contributed by atoms with E-state index in [0.29, 0.717) is 12.6 Å². The van der Waals surface area contributed by atoms with E-state index in [1.165, 1.54) is 24.0 Å². The first-order valence-corrected chi connectivity index (χ1v) is 8.60. The number of nitrogens with one attached hydrogen (secondary N) is 2. The summed E-state index contributed by atoms with van der Waals surface area (Å²) < 4.78 is 64.1. The van der Waals surface area contributed by atoms with Crippen LogP contribution < -0.4 is 10.0 Å². The predicted molar refractivity (Wildman–Crippen MR) is 73.3 cm³/mol. The van der Waals surface area contributed by atoms with E-state index in [0.717, 1.165) is 12.8 Å². The monoisotopic (exact) mass is 332 g/mol. The molecule has 1 saturated carbocycles. The minimum absolute atomic E-state index is 0.0901. The van der Waals surface area contributed by atoms with Crippen molar-refractivity contribution in [3.63, 3.8) is 0 Å². The normalized spacial score (nSPS) is 19.6. The van der Waals surface area contributed by atoms with Gasteiger partial charge in [-0.15, -0.1) is 0 Å². The first-order chi connectivity index (χ1) is 9.72. The van der Waals surface area contributed by atoms with Crippen molar-refractivity contribution in [2.75, 3.05) is 19.8 Å². The Balaban J connectivity index is 2.11. The molecule has 0 aromatic heterocycles. The number of rotatable bonds is 8. The molecule has 0 aromatic carbocycles. The van der Waals surface area contributed by atoms with Gasteiger partial charge < -0.3 is 10.1 Å². The third-order valence-electron chi connectivity index (χ3n) is 3.34. The number of alkyl halides is 3. The molecule has 0 amide bonds. The Kier molecular flexibility index (Phi) is 7.38.